The van der Waals surface area contributed by atoms with E-state index >= 15 is 0 Å². The van der Waals surface area contributed by atoms with Gasteiger partial charge in [-0.1, -0.05) is 0 Å². The van der Waals surface area contributed by atoms with Gasteiger partial charge >= 0.3 is 0 Å². The fraction of sp³-hybridized carbons (Fsp3) is 0.562. The van der Waals surface area contributed by atoms with Crippen LogP contribution in [0.1, 0.15) is 17.3 Å². The fourth-order valence-electron chi connectivity index (χ4n) is 2.70. The number of aromatic nitrogens is 2. The molecule has 1 fully saturated rings. The van der Waals surface area contributed by atoms with Crippen LogP contribution in [0.25, 0.3) is 0 Å². The zero-order valence-corrected chi connectivity index (χ0v) is 15.3. The third-order valence-electron chi connectivity index (χ3n) is 4.08. The second kappa shape index (κ2) is 7.45. The molecule has 0 aliphatic carbocycles. The van der Waals surface area contributed by atoms with Gasteiger partial charge in [-0.05, 0) is 0 Å². The summed E-state index contributed by atoms with van der Waals surface area (Å²) in [6, 6.07) is -0.674. The maximum atomic E-state index is 12.7. The van der Waals surface area contributed by atoms with Crippen molar-refractivity contribution in [3.05, 3.63) is 18.0 Å². The summed E-state index contributed by atoms with van der Waals surface area (Å²) in [5.41, 5.74) is 0.359. The van der Waals surface area contributed by atoms with Gasteiger partial charge in [0.05, 0.1) is 12.1 Å². The molecule has 0 N–H and O–H groups in total. The number of piperazine rings is 1. The van der Waals surface area contributed by atoms with Crippen molar-refractivity contribution in [3.8, 4) is 0 Å². The van der Waals surface area contributed by atoms with Crippen molar-refractivity contribution < 1.29 is 14.4 Å². The predicted octanol–water partition coefficient (Wildman–Crippen LogP) is -0.696. The Bertz CT molecular complexity index is 658. The Hall–Kier alpha value is -2.71. The largest absolute Gasteiger partial charge is 0.347 e. The summed E-state index contributed by atoms with van der Waals surface area (Å²) in [6.45, 7) is 2.28. The zero-order valence-electron chi connectivity index (χ0n) is 15.3. The van der Waals surface area contributed by atoms with Gasteiger partial charge in [0.15, 0.2) is 0 Å². The highest BCUT2D eigenvalue weighted by Crippen LogP contribution is 2.15. The van der Waals surface area contributed by atoms with Crippen molar-refractivity contribution in [2.75, 3.05) is 52.7 Å². The first-order valence-corrected chi connectivity index (χ1v) is 7.99. The first-order chi connectivity index (χ1) is 11.7. The molecule has 1 aliphatic heterocycles. The SMILES string of the molecule is CC(=O)N1CCN(C(=O)c2cnc(N(C)C)nc2)CC1C(=O)N(C)C. The summed E-state index contributed by atoms with van der Waals surface area (Å²) in [6.07, 6.45) is 2.95. The quantitative estimate of drug-likeness (QED) is 0.718. The van der Waals surface area contributed by atoms with Crippen LogP contribution >= 0.6 is 0 Å². The number of hydrogen-bond donors (Lipinski definition) is 0. The van der Waals surface area contributed by atoms with Gasteiger partial charge in [0.2, 0.25) is 17.8 Å². The van der Waals surface area contributed by atoms with E-state index in [-0.39, 0.29) is 24.3 Å². The van der Waals surface area contributed by atoms with Crippen molar-refractivity contribution in [2.24, 2.45) is 0 Å². The van der Waals surface area contributed by atoms with Crippen LogP contribution < -0.4 is 4.90 Å². The Labute approximate surface area is 147 Å². The molecule has 136 valence electrons. The third kappa shape index (κ3) is 4.04. The summed E-state index contributed by atoms with van der Waals surface area (Å²) >= 11 is 0. The lowest BCUT2D eigenvalue weighted by atomic mass is 10.1. The van der Waals surface area contributed by atoms with Crippen LogP contribution in [0.5, 0.6) is 0 Å². The smallest absolute Gasteiger partial charge is 0.257 e. The number of anilines is 1. The highest BCUT2D eigenvalue weighted by Gasteiger charge is 2.36. The van der Waals surface area contributed by atoms with Crippen LogP contribution in [0.3, 0.4) is 0 Å². The van der Waals surface area contributed by atoms with Gasteiger partial charge in [0.25, 0.3) is 5.91 Å². The van der Waals surface area contributed by atoms with Crippen LogP contribution in [0.15, 0.2) is 12.4 Å². The summed E-state index contributed by atoms with van der Waals surface area (Å²) in [7, 11) is 6.90. The average Bonchev–Trinajstić information content (AvgIpc) is 2.59. The molecule has 1 aromatic heterocycles. The van der Waals surface area contributed by atoms with E-state index < -0.39 is 6.04 Å². The minimum absolute atomic E-state index is 0.158. The highest BCUT2D eigenvalue weighted by molar-refractivity contribution is 5.95. The summed E-state index contributed by atoms with van der Waals surface area (Å²) in [4.78, 5) is 51.5. The summed E-state index contributed by atoms with van der Waals surface area (Å²) < 4.78 is 0. The van der Waals surface area contributed by atoms with Gasteiger partial charge in [0, 0.05) is 60.6 Å². The standard InChI is InChI=1S/C16H24N6O3/c1-11(23)22-7-6-21(10-13(22)15(25)19(2)3)14(24)12-8-17-16(18-9-12)20(4)5/h8-9,13H,6-7,10H2,1-5H3. The number of rotatable bonds is 3. The minimum Gasteiger partial charge on any atom is -0.347 e. The Kier molecular flexibility index (Phi) is 5.55. The zero-order chi connectivity index (χ0) is 18.7. The molecular formula is C16H24N6O3. The number of hydrogen-bond acceptors (Lipinski definition) is 6. The van der Waals surface area contributed by atoms with E-state index in [0.717, 1.165) is 0 Å². The highest BCUT2D eigenvalue weighted by atomic mass is 16.2. The molecule has 0 aromatic carbocycles. The molecular weight excluding hydrogens is 324 g/mol. The van der Waals surface area contributed by atoms with Crippen LogP contribution in [0.2, 0.25) is 0 Å². The Balaban J connectivity index is 2.18. The topological polar surface area (TPSA) is 90.0 Å². The van der Waals surface area contributed by atoms with Crippen LogP contribution in [-0.2, 0) is 9.59 Å². The van der Waals surface area contributed by atoms with Crippen molar-refractivity contribution in [1.29, 1.82) is 0 Å². The second-order valence-corrected chi connectivity index (χ2v) is 6.38. The molecule has 1 atom stereocenters. The van der Waals surface area contributed by atoms with Crippen LogP contribution in [-0.4, -0.2) is 96.3 Å². The predicted molar refractivity (Wildman–Crippen MR) is 92.1 cm³/mol. The molecule has 0 radical (unpaired) electrons. The molecule has 1 aromatic rings. The number of nitrogens with zero attached hydrogens (tertiary/aromatic N) is 6. The molecule has 0 bridgehead atoms. The minimum atomic E-state index is -0.674. The Morgan fingerprint density at radius 3 is 2.16 bits per heavy atom. The molecule has 0 saturated carbocycles. The van der Waals surface area contributed by atoms with Crippen molar-refractivity contribution in [3.63, 3.8) is 0 Å². The Morgan fingerprint density at radius 1 is 1.08 bits per heavy atom. The van der Waals surface area contributed by atoms with E-state index in [1.165, 1.54) is 29.1 Å². The molecule has 25 heavy (non-hydrogen) atoms. The van der Waals surface area contributed by atoms with Crippen LogP contribution in [0, 0.1) is 0 Å². The molecule has 3 amide bonds. The summed E-state index contributed by atoms with van der Waals surface area (Å²) in [5.74, 6) is -0.110. The van der Waals surface area contributed by atoms with Gasteiger partial charge in [-0.25, -0.2) is 9.97 Å². The van der Waals surface area contributed by atoms with Gasteiger partial charge in [-0.2, -0.15) is 0 Å². The molecule has 0 spiro atoms. The van der Waals surface area contributed by atoms with E-state index in [4.69, 9.17) is 0 Å². The van der Waals surface area contributed by atoms with E-state index in [1.807, 2.05) is 14.1 Å². The van der Waals surface area contributed by atoms with Gasteiger partial charge in [-0.3, -0.25) is 14.4 Å². The molecule has 1 aliphatic rings. The lowest BCUT2D eigenvalue weighted by molar-refractivity contribution is -0.146. The second-order valence-electron chi connectivity index (χ2n) is 6.38. The number of carbonyl (C=O) groups is 3. The Morgan fingerprint density at radius 2 is 1.68 bits per heavy atom. The molecule has 1 unspecified atom stereocenters. The number of likely N-dealkylation sites (N-methyl/N-ethyl adjacent to an activating group) is 1. The fourth-order valence-corrected chi connectivity index (χ4v) is 2.70. The molecule has 2 heterocycles. The van der Waals surface area contributed by atoms with Crippen molar-refractivity contribution in [1.82, 2.24) is 24.7 Å². The van der Waals surface area contributed by atoms with Crippen LogP contribution in [0.4, 0.5) is 5.95 Å². The van der Waals surface area contributed by atoms with Gasteiger partial charge < -0.3 is 19.6 Å². The average molecular weight is 348 g/mol. The van der Waals surface area contributed by atoms with Gasteiger partial charge in [0.1, 0.15) is 6.04 Å². The third-order valence-corrected chi connectivity index (χ3v) is 4.08. The maximum Gasteiger partial charge on any atom is 0.257 e. The molecule has 9 heteroatoms. The maximum absolute atomic E-state index is 12.7. The molecule has 9 nitrogen and oxygen atoms in total. The number of amides is 3. The first kappa shape index (κ1) is 18.6. The normalized spacial score (nSPS) is 17.2. The van der Waals surface area contributed by atoms with E-state index in [2.05, 4.69) is 9.97 Å². The van der Waals surface area contributed by atoms with Crippen molar-refractivity contribution >= 4 is 23.7 Å². The number of carbonyl (C=O) groups excluding carboxylic acids is 3. The lowest BCUT2D eigenvalue weighted by Crippen LogP contribution is -2.61. The van der Waals surface area contributed by atoms with Crippen molar-refractivity contribution in [2.45, 2.75) is 13.0 Å². The molecule has 1 saturated heterocycles. The van der Waals surface area contributed by atoms with E-state index in [1.54, 1.807) is 23.9 Å². The first-order valence-electron chi connectivity index (χ1n) is 7.99. The molecule has 2 rings (SSSR count). The monoisotopic (exact) mass is 348 g/mol. The van der Waals surface area contributed by atoms with E-state index in [9.17, 15) is 14.4 Å². The summed E-state index contributed by atoms with van der Waals surface area (Å²) in [5, 5.41) is 0. The lowest BCUT2D eigenvalue weighted by Gasteiger charge is -2.40. The van der Waals surface area contributed by atoms with E-state index in [0.29, 0.717) is 24.6 Å². The van der Waals surface area contributed by atoms with Gasteiger partial charge in [-0.15, -0.1) is 0 Å².